The third-order valence-corrected chi connectivity index (χ3v) is 4.74. The molecule has 0 bridgehead atoms. The Morgan fingerprint density at radius 3 is 2.90 bits per heavy atom. The van der Waals surface area contributed by atoms with Crippen molar-refractivity contribution in [2.24, 2.45) is 11.3 Å². The highest BCUT2D eigenvalue weighted by Crippen LogP contribution is 2.49. The summed E-state index contributed by atoms with van der Waals surface area (Å²) in [5.74, 6) is 0.368. The van der Waals surface area contributed by atoms with Crippen molar-refractivity contribution in [3.05, 3.63) is 35.9 Å². The molecule has 3 unspecified atom stereocenters. The lowest BCUT2D eigenvalue weighted by Gasteiger charge is -2.23. The molecule has 3 rings (SSSR count). The topological polar surface area (TPSA) is 58.6 Å². The second-order valence-corrected chi connectivity index (χ2v) is 6.04. The summed E-state index contributed by atoms with van der Waals surface area (Å²) >= 11 is 0. The number of fused-ring (bicyclic) bond motifs is 1. The van der Waals surface area contributed by atoms with Crippen LogP contribution in [0.25, 0.3) is 0 Å². The second kappa shape index (κ2) is 5.54. The van der Waals surface area contributed by atoms with Gasteiger partial charge in [-0.05, 0) is 43.6 Å². The Labute approximate surface area is 119 Å². The summed E-state index contributed by atoms with van der Waals surface area (Å²) < 4.78 is 0. The molecular weight excluding hydrogens is 254 g/mol. The van der Waals surface area contributed by atoms with E-state index in [0.29, 0.717) is 18.8 Å². The first kappa shape index (κ1) is 13.6. The van der Waals surface area contributed by atoms with Crippen molar-refractivity contribution >= 4 is 5.97 Å². The first-order chi connectivity index (χ1) is 9.74. The van der Waals surface area contributed by atoms with Crippen molar-refractivity contribution in [1.82, 2.24) is 5.48 Å². The van der Waals surface area contributed by atoms with Crippen LogP contribution in [0.4, 0.5) is 0 Å². The predicted octanol–water partition coefficient (Wildman–Crippen LogP) is 1.83. The molecule has 108 valence electrons. The minimum atomic E-state index is -0.415. The quantitative estimate of drug-likeness (QED) is 0.860. The molecule has 1 aromatic rings. The van der Waals surface area contributed by atoms with Crippen LogP contribution < -0.4 is 5.48 Å². The lowest BCUT2D eigenvalue weighted by Crippen LogP contribution is -2.34. The van der Waals surface area contributed by atoms with Gasteiger partial charge in [0.2, 0.25) is 0 Å². The normalized spacial score (nSPS) is 32.1. The van der Waals surface area contributed by atoms with E-state index >= 15 is 0 Å². The maximum Gasteiger partial charge on any atom is 0.332 e. The SMILES string of the molecule is O=C1ONC2CC(Cc3ccccc3)CC12CCCO. The molecule has 2 N–H and O–H groups in total. The van der Waals surface area contributed by atoms with Gasteiger partial charge in [-0.3, -0.25) is 0 Å². The van der Waals surface area contributed by atoms with Gasteiger partial charge in [-0.25, -0.2) is 4.79 Å². The van der Waals surface area contributed by atoms with Crippen LogP contribution in [0.5, 0.6) is 0 Å². The zero-order chi connectivity index (χ0) is 14.0. The zero-order valence-electron chi connectivity index (χ0n) is 11.5. The van der Waals surface area contributed by atoms with E-state index in [1.54, 1.807) is 0 Å². The van der Waals surface area contributed by atoms with Gasteiger partial charge in [0.25, 0.3) is 0 Å². The molecule has 0 spiro atoms. The molecule has 2 fully saturated rings. The fourth-order valence-corrected chi connectivity index (χ4v) is 3.79. The van der Waals surface area contributed by atoms with Crippen molar-refractivity contribution in [3.63, 3.8) is 0 Å². The van der Waals surface area contributed by atoms with Gasteiger partial charge in [0.1, 0.15) is 0 Å². The Bertz CT molecular complexity index is 476. The van der Waals surface area contributed by atoms with Crippen molar-refractivity contribution in [2.45, 2.75) is 38.1 Å². The summed E-state index contributed by atoms with van der Waals surface area (Å²) in [5.41, 5.74) is 3.81. The molecule has 1 saturated carbocycles. The highest BCUT2D eigenvalue weighted by molar-refractivity contribution is 5.80. The number of benzene rings is 1. The van der Waals surface area contributed by atoms with E-state index < -0.39 is 5.41 Å². The average molecular weight is 275 g/mol. The number of hydrogen-bond donors (Lipinski definition) is 2. The number of carbonyl (C=O) groups is 1. The lowest BCUT2D eigenvalue weighted by molar-refractivity contribution is -0.151. The van der Waals surface area contributed by atoms with Gasteiger partial charge >= 0.3 is 5.97 Å². The van der Waals surface area contributed by atoms with E-state index in [9.17, 15) is 4.79 Å². The van der Waals surface area contributed by atoms with Crippen LogP contribution in [0.1, 0.15) is 31.2 Å². The minimum absolute atomic E-state index is 0.107. The molecule has 20 heavy (non-hydrogen) atoms. The maximum absolute atomic E-state index is 12.1. The average Bonchev–Trinajstić information content (AvgIpc) is 2.95. The second-order valence-electron chi connectivity index (χ2n) is 6.04. The van der Waals surface area contributed by atoms with Gasteiger partial charge in [0.15, 0.2) is 0 Å². The van der Waals surface area contributed by atoms with Gasteiger partial charge in [-0.1, -0.05) is 30.3 Å². The molecule has 1 aliphatic carbocycles. The number of hydrogen-bond acceptors (Lipinski definition) is 4. The monoisotopic (exact) mass is 275 g/mol. The zero-order valence-corrected chi connectivity index (χ0v) is 11.5. The van der Waals surface area contributed by atoms with Gasteiger partial charge in [0, 0.05) is 6.61 Å². The summed E-state index contributed by atoms with van der Waals surface area (Å²) in [7, 11) is 0. The van der Waals surface area contributed by atoms with Crippen LogP contribution in [-0.4, -0.2) is 23.7 Å². The van der Waals surface area contributed by atoms with Gasteiger partial charge in [0.05, 0.1) is 11.5 Å². The molecule has 4 heteroatoms. The first-order valence-corrected chi connectivity index (χ1v) is 7.36. The van der Waals surface area contributed by atoms with Crippen LogP contribution in [0.2, 0.25) is 0 Å². The molecule has 4 nitrogen and oxygen atoms in total. The summed E-state index contributed by atoms with van der Waals surface area (Å²) in [6.07, 6.45) is 4.20. The molecular formula is C16H21NO3. The van der Waals surface area contributed by atoms with Crippen molar-refractivity contribution in [2.75, 3.05) is 6.61 Å². The van der Waals surface area contributed by atoms with Crippen LogP contribution in [0.3, 0.4) is 0 Å². The Morgan fingerprint density at radius 1 is 1.35 bits per heavy atom. The third-order valence-electron chi connectivity index (χ3n) is 4.74. The molecule has 1 aliphatic heterocycles. The molecule has 1 heterocycles. The van der Waals surface area contributed by atoms with E-state index in [0.717, 1.165) is 19.3 Å². The Balaban J connectivity index is 1.71. The predicted molar refractivity (Wildman–Crippen MR) is 74.6 cm³/mol. The standard InChI is InChI=1S/C16H21NO3/c18-8-4-7-16-11-13(9-12-5-2-1-3-6-12)10-14(16)17-20-15(16)19/h1-3,5-6,13-14,17-18H,4,7-11H2. The van der Waals surface area contributed by atoms with Crippen LogP contribution in [0, 0.1) is 11.3 Å². The Morgan fingerprint density at radius 2 is 2.15 bits per heavy atom. The number of hydroxylamine groups is 1. The van der Waals surface area contributed by atoms with E-state index in [1.807, 2.05) is 6.07 Å². The first-order valence-electron chi connectivity index (χ1n) is 7.36. The highest BCUT2D eigenvalue weighted by Gasteiger charge is 2.57. The number of aliphatic hydroxyl groups is 1. The van der Waals surface area contributed by atoms with E-state index in [1.165, 1.54) is 5.56 Å². The summed E-state index contributed by atoms with van der Waals surface area (Å²) in [5, 5.41) is 9.06. The smallest absolute Gasteiger partial charge is 0.332 e. The minimum Gasteiger partial charge on any atom is -0.396 e. The van der Waals surface area contributed by atoms with E-state index in [-0.39, 0.29) is 18.6 Å². The lowest BCUT2D eigenvalue weighted by atomic mass is 9.78. The Kier molecular flexibility index (Phi) is 3.76. The molecule has 0 amide bonds. The highest BCUT2D eigenvalue weighted by atomic mass is 16.7. The third kappa shape index (κ3) is 2.34. The molecule has 1 saturated heterocycles. The summed E-state index contributed by atoms with van der Waals surface area (Å²) in [4.78, 5) is 17.2. The van der Waals surface area contributed by atoms with Crippen LogP contribution >= 0.6 is 0 Å². The number of nitrogens with one attached hydrogen (secondary N) is 1. The van der Waals surface area contributed by atoms with Gasteiger partial charge in [-0.2, -0.15) is 0 Å². The summed E-state index contributed by atoms with van der Waals surface area (Å²) in [6, 6.07) is 10.5. The van der Waals surface area contributed by atoms with Crippen molar-refractivity contribution in [3.8, 4) is 0 Å². The molecule has 2 aliphatic rings. The molecule has 0 aromatic heterocycles. The fraction of sp³-hybridized carbons (Fsp3) is 0.562. The van der Waals surface area contributed by atoms with E-state index in [4.69, 9.17) is 9.94 Å². The molecule has 0 radical (unpaired) electrons. The number of carbonyl (C=O) groups excluding carboxylic acids is 1. The Hall–Kier alpha value is -1.39. The molecule has 1 aromatic carbocycles. The van der Waals surface area contributed by atoms with Gasteiger partial charge in [-0.15, -0.1) is 5.48 Å². The van der Waals surface area contributed by atoms with Crippen LogP contribution in [-0.2, 0) is 16.1 Å². The maximum atomic E-state index is 12.1. The number of aliphatic hydroxyl groups excluding tert-OH is 1. The summed E-state index contributed by atoms with van der Waals surface area (Å²) in [6.45, 7) is 0.130. The van der Waals surface area contributed by atoms with Crippen molar-refractivity contribution < 1.29 is 14.7 Å². The molecule has 3 atom stereocenters. The van der Waals surface area contributed by atoms with Crippen molar-refractivity contribution in [1.29, 1.82) is 0 Å². The van der Waals surface area contributed by atoms with E-state index in [2.05, 4.69) is 29.7 Å². The fourth-order valence-electron chi connectivity index (χ4n) is 3.79. The van der Waals surface area contributed by atoms with Gasteiger partial charge < -0.3 is 9.94 Å². The largest absolute Gasteiger partial charge is 0.396 e. The number of rotatable bonds is 5. The van der Waals surface area contributed by atoms with Crippen LogP contribution in [0.15, 0.2) is 30.3 Å².